The number of isocyanates is 2. The van der Waals surface area contributed by atoms with Gasteiger partial charge in [0.2, 0.25) is 12.2 Å². The van der Waals surface area contributed by atoms with E-state index in [0.717, 1.165) is 12.8 Å². The summed E-state index contributed by atoms with van der Waals surface area (Å²) >= 11 is 0. The SMILES string of the molecule is NC(CCCCC(N)N=C=O)N=C=O. The Hall–Kier alpha value is -1.32. The molecule has 0 amide bonds. The second-order valence-corrected chi connectivity index (χ2v) is 2.86. The van der Waals surface area contributed by atoms with Crippen molar-refractivity contribution in [2.45, 2.75) is 38.0 Å². The van der Waals surface area contributed by atoms with Crippen molar-refractivity contribution in [2.24, 2.45) is 21.5 Å². The minimum atomic E-state index is -0.488. The summed E-state index contributed by atoms with van der Waals surface area (Å²) in [6, 6.07) is 0. The summed E-state index contributed by atoms with van der Waals surface area (Å²) in [5, 5.41) is 0. The highest BCUT2D eigenvalue weighted by Gasteiger charge is 2.01. The maximum absolute atomic E-state index is 9.79. The lowest BCUT2D eigenvalue weighted by atomic mass is 10.1. The van der Waals surface area contributed by atoms with Crippen molar-refractivity contribution >= 4 is 12.2 Å². The van der Waals surface area contributed by atoms with E-state index >= 15 is 0 Å². The summed E-state index contributed by atoms with van der Waals surface area (Å²) in [4.78, 5) is 26.2. The average Bonchev–Trinajstić information content (AvgIpc) is 2.13. The van der Waals surface area contributed by atoms with Gasteiger partial charge in [-0.15, -0.1) is 0 Å². The Labute approximate surface area is 82.1 Å². The molecular formula is C8H14N4O2. The highest BCUT2D eigenvalue weighted by Crippen LogP contribution is 2.04. The van der Waals surface area contributed by atoms with E-state index < -0.39 is 12.3 Å². The first-order valence-electron chi connectivity index (χ1n) is 4.36. The molecule has 0 rings (SSSR count). The van der Waals surface area contributed by atoms with Crippen molar-refractivity contribution in [3.63, 3.8) is 0 Å². The fraction of sp³-hybridized carbons (Fsp3) is 0.750. The number of unbranched alkanes of at least 4 members (excludes halogenated alkanes) is 1. The highest BCUT2D eigenvalue weighted by atomic mass is 16.1. The molecule has 78 valence electrons. The minimum absolute atomic E-state index is 0.488. The van der Waals surface area contributed by atoms with Gasteiger partial charge in [0.1, 0.15) is 12.3 Å². The van der Waals surface area contributed by atoms with E-state index in [4.69, 9.17) is 11.5 Å². The number of hydrogen-bond acceptors (Lipinski definition) is 6. The van der Waals surface area contributed by atoms with E-state index in [1.54, 1.807) is 0 Å². The third-order valence-corrected chi connectivity index (χ3v) is 1.69. The zero-order valence-electron chi connectivity index (χ0n) is 7.85. The van der Waals surface area contributed by atoms with Gasteiger partial charge in [0.25, 0.3) is 0 Å². The monoisotopic (exact) mass is 198 g/mol. The molecule has 2 atom stereocenters. The van der Waals surface area contributed by atoms with Crippen LogP contribution in [0.3, 0.4) is 0 Å². The number of nitrogens with zero attached hydrogens (tertiary/aromatic N) is 2. The number of nitrogens with two attached hydrogens (primary N) is 2. The van der Waals surface area contributed by atoms with Gasteiger partial charge < -0.3 is 11.5 Å². The molecule has 0 bridgehead atoms. The van der Waals surface area contributed by atoms with Crippen molar-refractivity contribution < 1.29 is 9.59 Å². The van der Waals surface area contributed by atoms with Crippen molar-refractivity contribution in [1.29, 1.82) is 0 Å². The predicted octanol–water partition coefficient (Wildman–Crippen LogP) is -0.212. The van der Waals surface area contributed by atoms with Crippen LogP contribution < -0.4 is 11.5 Å². The van der Waals surface area contributed by atoms with Gasteiger partial charge in [-0.3, -0.25) is 0 Å². The molecule has 6 nitrogen and oxygen atoms in total. The standard InChI is InChI=1S/C8H14N4O2/c9-7(11-5-13)3-1-2-4-8(10)12-6-14/h7-8H,1-4,9-10H2. The Bertz CT molecular complexity index is 218. The first-order chi connectivity index (χ1) is 6.70. The molecule has 6 heteroatoms. The molecule has 0 aliphatic rings. The number of carbonyl (C=O) groups excluding carboxylic acids is 2. The van der Waals surface area contributed by atoms with E-state index in [-0.39, 0.29) is 0 Å². The Morgan fingerprint density at radius 2 is 1.29 bits per heavy atom. The van der Waals surface area contributed by atoms with E-state index in [2.05, 4.69) is 9.98 Å². The fourth-order valence-electron chi connectivity index (χ4n) is 0.971. The number of hydrogen-bond donors (Lipinski definition) is 2. The lowest BCUT2D eigenvalue weighted by Crippen LogP contribution is -2.18. The molecule has 0 aliphatic carbocycles. The summed E-state index contributed by atoms with van der Waals surface area (Å²) in [6.45, 7) is 0. The van der Waals surface area contributed by atoms with Gasteiger partial charge in [-0.25, -0.2) is 9.59 Å². The minimum Gasteiger partial charge on any atom is -0.309 e. The summed E-state index contributed by atoms with van der Waals surface area (Å²) in [5.74, 6) is 0. The molecule has 0 heterocycles. The van der Waals surface area contributed by atoms with Crippen LogP contribution in [0.4, 0.5) is 0 Å². The van der Waals surface area contributed by atoms with Gasteiger partial charge in [-0.1, -0.05) is 0 Å². The topological polar surface area (TPSA) is 111 Å². The molecule has 0 radical (unpaired) electrons. The molecule has 0 aromatic carbocycles. The molecule has 2 unspecified atom stereocenters. The molecule has 0 spiro atoms. The Morgan fingerprint density at radius 1 is 0.929 bits per heavy atom. The smallest absolute Gasteiger partial charge is 0.236 e. The lowest BCUT2D eigenvalue weighted by molar-refractivity contribution is 0.514. The van der Waals surface area contributed by atoms with Crippen LogP contribution in [0.15, 0.2) is 9.98 Å². The van der Waals surface area contributed by atoms with Crippen LogP contribution in [-0.4, -0.2) is 24.5 Å². The van der Waals surface area contributed by atoms with Gasteiger partial charge in [0.15, 0.2) is 0 Å². The quantitative estimate of drug-likeness (QED) is 0.335. The molecule has 0 saturated carbocycles. The number of aliphatic imine (C=N–C) groups is 2. The molecule has 0 aliphatic heterocycles. The van der Waals surface area contributed by atoms with Crippen molar-refractivity contribution in [3.8, 4) is 0 Å². The molecule has 0 aromatic heterocycles. The molecule has 14 heavy (non-hydrogen) atoms. The van der Waals surface area contributed by atoms with Gasteiger partial charge >= 0.3 is 0 Å². The van der Waals surface area contributed by atoms with Crippen molar-refractivity contribution in [1.82, 2.24) is 0 Å². The van der Waals surface area contributed by atoms with E-state index in [0.29, 0.717) is 12.8 Å². The van der Waals surface area contributed by atoms with E-state index in [9.17, 15) is 9.59 Å². The Morgan fingerprint density at radius 3 is 1.57 bits per heavy atom. The summed E-state index contributed by atoms with van der Waals surface area (Å²) in [5.41, 5.74) is 10.8. The van der Waals surface area contributed by atoms with E-state index in [1.165, 1.54) is 12.2 Å². The summed E-state index contributed by atoms with van der Waals surface area (Å²) in [6.07, 6.45) is 4.59. The second-order valence-electron chi connectivity index (χ2n) is 2.86. The van der Waals surface area contributed by atoms with Crippen molar-refractivity contribution in [3.05, 3.63) is 0 Å². The van der Waals surface area contributed by atoms with Crippen LogP contribution in [0, 0.1) is 0 Å². The van der Waals surface area contributed by atoms with Crippen LogP contribution in [-0.2, 0) is 9.59 Å². The molecule has 0 aromatic rings. The van der Waals surface area contributed by atoms with Crippen molar-refractivity contribution in [2.75, 3.05) is 0 Å². The maximum Gasteiger partial charge on any atom is 0.236 e. The predicted molar refractivity (Wildman–Crippen MR) is 50.7 cm³/mol. The molecule has 4 N–H and O–H groups in total. The Kier molecular flexibility index (Phi) is 7.50. The van der Waals surface area contributed by atoms with Gasteiger partial charge in [0.05, 0.1) is 0 Å². The van der Waals surface area contributed by atoms with Crippen LogP contribution >= 0.6 is 0 Å². The first-order valence-corrected chi connectivity index (χ1v) is 4.36. The lowest BCUT2D eigenvalue weighted by Gasteiger charge is -2.05. The maximum atomic E-state index is 9.79. The van der Waals surface area contributed by atoms with Gasteiger partial charge in [0, 0.05) is 0 Å². The number of rotatable bonds is 7. The third kappa shape index (κ3) is 7.34. The average molecular weight is 198 g/mol. The zero-order valence-corrected chi connectivity index (χ0v) is 7.85. The summed E-state index contributed by atoms with van der Waals surface area (Å²) in [7, 11) is 0. The molecule has 0 fully saturated rings. The summed E-state index contributed by atoms with van der Waals surface area (Å²) < 4.78 is 0. The molecular weight excluding hydrogens is 184 g/mol. The zero-order chi connectivity index (χ0) is 10.8. The largest absolute Gasteiger partial charge is 0.309 e. The third-order valence-electron chi connectivity index (χ3n) is 1.69. The fourth-order valence-corrected chi connectivity index (χ4v) is 0.971. The van der Waals surface area contributed by atoms with Gasteiger partial charge in [-0.05, 0) is 25.7 Å². The second kappa shape index (κ2) is 8.29. The first kappa shape index (κ1) is 12.7. The van der Waals surface area contributed by atoms with Crippen LogP contribution in [0.2, 0.25) is 0 Å². The molecule has 0 saturated heterocycles. The van der Waals surface area contributed by atoms with Crippen LogP contribution in [0.1, 0.15) is 25.7 Å². The van der Waals surface area contributed by atoms with Crippen LogP contribution in [0.25, 0.3) is 0 Å². The Balaban J connectivity index is 3.46. The normalized spacial score (nSPS) is 13.6. The highest BCUT2D eigenvalue weighted by molar-refractivity contribution is 5.33. The van der Waals surface area contributed by atoms with Gasteiger partial charge in [-0.2, -0.15) is 9.98 Å². The van der Waals surface area contributed by atoms with E-state index in [1.807, 2.05) is 0 Å². The van der Waals surface area contributed by atoms with Crippen LogP contribution in [0.5, 0.6) is 0 Å².